The van der Waals surface area contributed by atoms with Crippen molar-refractivity contribution in [3.05, 3.63) is 0 Å². The van der Waals surface area contributed by atoms with Gasteiger partial charge in [-0.3, -0.25) is 9.59 Å². The first-order valence-corrected chi connectivity index (χ1v) is 5.92. The van der Waals surface area contributed by atoms with Gasteiger partial charge < -0.3 is 10.0 Å². The van der Waals surface area contributed by atoms with Crippen LogP contribution in [0.3, 0.4) is 0 Å². The smallest absolute Gasteiger partial charge is 0.308 e. The molecule has 0 spiro atoms. The molecule has 17 heavy (non-hydrogen) atoms. The predicted molar refractivity (Wildman–Crippen MR) is 67.7 cm³/mol. The molecule has 0 rings (SSSR count). The summed E-state index contributed by atoms with van der Waals surface area (Å²) in [6.07, 6.45) is 0. The van der Waals surface area contributed by atoms with Gasteiger partial charge in [0.2, 0.25) is 5.91 Å². The van der Waals surface area contributed by atoms with E-state index in [1.54, 1.807) is 11.8 Å². The molecule has 0 fully saturated rings. The molecule has 0 radical (unpaired) electrons. The van der Waals surface area contributed by atoms with Crippen LogP contribution < -0.4 is 0 Å². The maximum Gasteiger partial charge on any atom is 0.308 e. The van der Waals surface area contributed by atoms with Crippen LogP contribution in [0.25, 0.3) is 0 Å². The lowest BCUT2D eigenvalue weighted by atomic mass is 9.91. The second kappa shape index (κ2) is 5.07. The Morgan fingerprint density at radius 1 is 1.12 bits per heavy atom. The lowest BCUT2D eigenvalue weighted by Crippen LogP contribution is -2.52. The molecule has 1 atom stereocenters. The molecule has 0 bridgehead atoms. The summed E-state index contributed by atoms with van der Waals surface area (Å²) in [7, 11) is 0. The van der Waals surface area contributed by atoms with Crippen LogP contribution in [-0.4, -0.2) is 34.0 Å². The minimum absolute atomic E-state index is 0.0156. The lowest BCUT2D eigenvalue weighted by Gasteiger charge is -2.40. The van der Waals surface area contributed by atoms with Crippen LogP contribution in [0.1, 0.15) is 48.5 Å². The zero-order valence-electron chi connectivity index (χ0n) is 12.0. The number of rotatable bonds is 3. The fourth-order valence-corrected chi connectivity index (χ4v) is 1.42. The molecule has 0 aliphatic heterocycles. The number of nitrogens with zero attached hydrogens (tertiary/aromatic N) is 1. The third-order valence-corrected chi connectivity index (χ3v) is 2.57. The number of carboxylic acids is 1. The van der Waals surface area contributed by atoms with Gasteiger partial charge >= 0.3 is 5.97 Å². The Morgan fingerprint density at radius 2 is 1.53 bits per heavy atom. The average Bonchev–Trinajstić information content (AvgIpc) is 2.08. The molecule has 0 aromatic rings. The highest BCUT2D eigenvalue weighted by atomic mass is 16.4. The summed E-state index contributed by atoms with van der Waals surface area (Å²) < 4.78 is 0. The normalized spacial score (nSPS) is 14.3. The van der Waals surface area contributed by atoms with Crippen molar-refractivity contribution in [2.24, 2.45) is 11.3 Å². The topological polar surface area (TPSA) is 57.6 Å². The van der Waals surface area contributed by atoms with Gasteiger partial charge in [0.25, 0.3) is 0 Å². The largest absolute Gasteiger partial charge is 0.481 e. The summed E-state index contributed by atoms with van der Waals surface area (Å²) in [6, 6.07) is 0. The van der Waals surface area contributed by atoms with E-state index in [1.807, 2.05) is 41.5 Å². The second-order valence-electron chi connectivity index (χ2n) is 6.58. The van der Waals surface area contributed by atoms with Crippen LogP contribution >= 0.6 is 0 Å². The van der Waals surface area contributed by atoms with Gasteiger partial charge in [0.1, 0.15) is 0 Å². The molecule has 0 aliphatic rings. The molecule has 0 heterocycles. The zero-order chi connectivity index (χ0) is 14.0. The van der Waals surface area contributed by atoms with Gasteiger partial charge in [-0.15, -0.1) is 0 Å². The molecule has 0 aromatic carbocycles. The number of aliphatic carboxylic acids is 1. The van der Waals surface area contributed by atoms with Gasteiger partial charge in [-0.2, -0.15) is 0 Å². The number of amides is 1. The molecule has 4 heteroatoms. The Morgan fingerprint density at radius 3 is 1.76 bits per heavy atom. The summed E-state index contributed by atoms with van der Waals surface area (Å²) in [4.78, 5) is 24.9. The quantitative estimate of drug-likeness (QED) is 0.828. The first-order chi connectivity index (χ1) is 7.37. The SMILES string of the molecule is CC(CN(C(=O)C(C)(C)C)C(C)(C)C)C(=O)O. The van der Waals surface area contributed by atoms with Crippen LogP contribution in [0.15, 0.2) is 0 Å². The fourth-order valence-electron chi connectivity index (χ4n) is 1.42. The zero-order valence-corrected chi connectivity index (χ0v) is 12.0. The van der Waals surface area contributed by atoms with Crippen molar-refractivity contribution in [3.63, 3.8) is 0 Å². The maximum atomic E-state index is 12.3. The van der Waals surface area contributed by atoms with E-state index >= 15 is 0 Å². The molecule has 0 aromatic heterocycles. The van der Waals surface area contributed by atoms with Gasteiger partial charge in [0.05, 0.1) is 5.92 Å². The first kappa shape index (κ1) is 15.9. The van der Waals surface area contributed by atoms with E-state index in [2.05, 4.69) is 0 Å². The summed E-state index contributed by atoms with van der Waals surface area (Å²) in [5.74, 6) is -1.44. The maximum absolute atomic E-state index is 12.3. The predicted octanol–water partition coefficient (Wildman–Crippen LogP) is 2.38. The van der Waals surface area contributed by atoms with Crippen molar-refractivity contribution in [2.45, 2.75) is 54.0 Å². The van der Waals surface area contributed by atoms with Crippen molar-refractivity contribution in [1.29, 1.82) is 0 Å². The third-order valence-electron chi connectivity index (χ3n) is 2.57. The summed E-state index contributed by atoms with van der Waals surface area (Å²) in [5.41, 5.74) is -0.862. The van der Waals surface area contributed by atoms with Gasteiger partial charge in [0.15, 0.2) is 0 Å². The average molecular weight is 243 g/mol. The molecule has 100 valence electrons. The molecule has 4 nitrogen and oxygen atoms in total. The summed E-state index contributed by atoms with van der Waals surface area (Å²) >= 11 is 0. The second-order valence-corrected chi connectivity index (χ2v) is 6.58. The number of carbonyl (C=O) groups excluding carboxylic acids is 1. The van der Waals surface area contributed by atoms with Gasteiger partial charge in [-0.25, -0.2) is 0 Å². The highest BCUT2D eigenvalue weighted by Gasteiger charge is 2.35. The Hall–Kier alpha value is -1.06. The van der Waals surface area contributed by atoms with E-state index in [4.69, 9.17) is 5.11 Å². The van der Waals surface area contributed by atoms with Crippen LogP contribution in [0.5, 0.6) is 0 Å². The monoisotopic (exact) mass is 243 g/mol. The Labute approximate surface area is 104 Å². The van der Waals surface area contributed by atoms with Crippen LogP contribution in [0.2, 0.25) is 0 Å². The van der Waals surface area contributed by atoms with Crippen LogP contribution in [-0.2, 0) is 9.59 Å². The molecule has 1 N–H and O–H groups in total. The van der Waals surface area contributed by atoms with Crippen molar-refractivity contribution in [1.82, 2.24) is 4.90 Å². The standard InChI is InChI=1S/C13H25NO3/c1-9(10(15)16)8-14(13(5,6)7)11(17)12(2,3)4/h9H,8H2,1-7H3,(H,15,16). The first-order valence-electron chi connectivity index (χ1n) is 5.92. The third kappa shape index (κ3) is 4.75. The number of hydrogen-bond acceptors (Lipinski definition) is 2. The Bertz CT molecular complexity index is 297. The van der Waals surface area contributed by atoms with E-state index in [9.17, 15) is 9.59 Å². The van der Waals surface area contributed by atoms with E-state index in [0.29, 0.717) is 0 Å². The Kier molecular flexibility index (Phi) is 4.75. The van der Waals surface area contributed by atoms with Gasteiger partial charge in [0, 0.05) is 17.5 Å². The van der Waals surface area contributed by atoms with Crippen LogP contribution in [0, 0.1) is 11.3 Å². The molecule has 1 amide bonds. The van der Waals surface area contributed by atoms with Gasteiger partial charge in [-0.1, -0.05) is 27.7 Å². The summed E-state index contributed by atoms with van der Waals surface area (Å²) in [5, 5.41) is 8.94. The van der Waals surface area contributed by atoms with Gasteiger partial charge in [-0.05, 0) is 20.8 Å². The molecule has 1 unspecified atom stereocenters. The van der Waals surface area contributed by atoms with Crippen molar-refractivity contribution < 1.29 is 14.7 Å². The number of carboxylic acid groups (broad SMARTS) is 1. The Balaban J connectivity index is 5.05. The number of carbonyl (C=O) groups is 2. The summed E-state index contributed by atoms with van der Waals surface area (Å²) in [6.45, 7) is 13.2. The molecular weight excluding hydrogens is 218 g/mol. The lowest BCUT2D eigenvalue weighted by molar-refractivity contribution is -0.149. The van der Waals surface area contributed by atoms with E-state index in [1.165, 1.54) is 0 Å². The molecule has 0 saturated heterocycles. The minimum Gasteiger partial charge on any atom is -0.481 e. The van der Waals surface area contributed by atoms with E-state index in [0.717, 1.165) is 0 Å². The van der Waals surface area contributed by atoms with Crippen molar-refractivity contribution >= 4 is 11.9 Å². The van der Waals surface area contributed by atoms with E-state index < -0.39 is 17.3 Å². The molecular formula is C13H25NO3. The highest BCUT2D eigenvalue weighted by Crippen LogP contribution is 2.25. The molecule has 0 saturated carbocycles. The highest BCUT2D eigenvalue weighted by molar-refractivity contribution is 5.82. The van der Waals surface area contributed by atoms with Crippen LogP contribution in [0.4, 0.5) is 0 Å². The van der Waals surface area contributed by atoms with E-state index in [-0.39, 0.29) is 18.0 Å². The van der Waals surface area contributed by atoms with Crippen molar-refractivity contribution in [2.75, 3.05) is 6.54 Å². The number of hydrogen-bond donors (Lipinski definition) is 1. The molecule has 0 aliphatic carbocycles. The minimum atomic E-state index is -0.874. The fraction of sp³-hybridized carbons (Fsp3) is 0.846. The van der Waals surface area contributed by atoms with Crippen molar-refractivity contribution in [3.8, 4) is 0 Å².